The minimum absolute atomic E-state index is 0.886. The van der Waals surface area contributed by atoms with Gasteiger partial charge in [-0.1, -0.05) is 200 Å². The van der Waals surface area contributed by atoms with E-state index in [1.165, 1.54) is 74.7 Å². The fourth-order valence-corrected chi connectivity index (χ4v) is 12.3. The maximum atomic E-state index is 6.23. The Morgan fingerprint density at radius 2 is 0.662 bits per heavy atom. The first kappa shape index (κ1) is 45.8. The van der Waals surface area contributed by atoms with Gasteiger partial charge in [0.05, 0.1) is 11.4 Å². The molecule has 0 atom stereocenters. The van der Waals surface area contributed by atoms with Crippen LogP contribution in [0.1, 0.15) is 5.56 Å². The standard InChI is InChI=1S/C62H40N2OS.C11H10/c1-3-15-51-45(11-1)13-9-19-57(51)63(49-35-37-60-55(39-49)53-17-5-7-21-59(53)65-60)47-31-27-43(28-32-47)41-23-25-42(26-24-41)44-29-33-48(34-30-44)64(58-20-10-14-46-12-2-4-16-52(46)58)50-36-38-62-56(40-50)54-18-6-8-22-61(54)66-62;1-9-5-4-7-10-6-2-3-8-11(9)10/h1-40H;2-8H,1H3. The third-order valence-electron chi connectivity index (χ3n) is 15.1. The molecule has 0 spiro atoms. The number of aryl methyl sites for hydroxylation is 1. The topological polar surface area (TPSA) is 19.6 Å². The van der Waals surface area contributed by atoms with E-state index in [2.05, 4.69) is 290 Å². The molecule has 0 amide bonds. The second-order valence-electron chi connectivity index (χ2n) is 19.7. The Morgan fingerprint density at radius 1 is 0.273 bits per heavy atom. The van der Waals surface area contributed by atoms with Gasteiger partial charge in [-0.2, -0.15) is 0 Å². The van der Waals surface area contributed by atoms with Gasteiger partial charge in [0.1, 0.15) is 11.2 Å². The summed E-state index contributed by atoms with van der Waals surface area (Å²) in [6.07, 6.45) is 0. The Hall–Kier alpha value is -9.74. The van der Waals surface area contributed by atoms with Crippen LogP contribution in [0.2, 0.25) is 0 Å². The lowest BCUT2D eigenvalue weighted by Crippen LogP contribution is -2.10. The SMILES string of the molecule is Cc1cccc2ccccc12.c1ccc2c(N(c3ccc(-c4ccc(-c5ccc(N(c6ccc7sc8ccccc8c7c6)c6cccc7ccccc67)cc5)cc4)cc3)c3ccc4oc5ccccc5c4c3)cccc2c1. The van der Waals surface area contributed by atoms with Crippen LogP contribution in [0.5, 0.6) is 0 Å². The Balaban J connectivity index is 0.000000436. The lowest BCUT2D eigenvalue weighted by atomic mass is 9.99. The molecule has 364 valence electrons. The summed E-state index contributed by atoms with van der Waals surface area (Å²) in [5.74, 6) is 0. The fraction of sp³-hybridized carbons (Fsp3) is 0.0137. The number of nitrogens with zero attached hydrogens (tertiary/aromatic N) is 2. The molecule has 0 aliphatic rings. The quantitative estimate of drug-likeness (QED) is 0.151. The summed E-state index contributed by atoms with van der Waals surface area (Å²) in [4.78, 5) is 4.77. The van der Waals surface area contributed by atoms with E-state index in [1.54, 1.807) is 0 Å². The average Bonchev–Trinajstić information content (AvgIpc) is 4.08. The number of rotatable bonds is 8. The molecule has 4 heteroatoms. The molecule has 15 aromatic rings. The molecule has 0 radical (unpaired) electrons. The van der Waals surface area contributed by atoms with Crippen LogP contribution in [-0.2, 0) is 0 Å². The predicted molar refractivity (Wildman–Crippen MR) is 331 cm³/mol. The van der Waals surface area contributed by atoms with Gasteiger partial charge < -0.3 is 14.2 Å². The zero-order valence-corrected chi connectivity index (χ0v) is 43.2. The number of benzene rings is 13. The molecule has 0 fully saturated rings. The van der Waals surface area contributed by atoms with Gasteiger partial charge >= 0.3 is 0 Å². The van der Waals surface area contributed by atoms with Crippen LogP contribution in [0.4, 0.5) is 34.1 Å². The summed E-state index contributed by atoms with van der Waals surface area (Å²) in [5, 5.41) is 12.3. The van der Waals surface area contributed by atoms with E-state index in [1.807, 2.05) is 23.5 Å². The molecule has 0 unspecified atom stereocenters. The summed E-state index contributed by atoms with van der Waals surface area (Å²) in [7, 11) is 0. The highest BCUT2D eigenvalue weighted by atomic mass is 32.1. The normalized spacial score (nSPS) is 11.4. The molecule has 0 aliphatic carbocycles. The van der Waals surface area contributed by atoms with Gasteiger partial charge in [0.2, 0.25) is 0 Å². The van der Waals surface area contributed by atoms with Crippen molar-refractivity contribution in [2.24, 2.45) is 0 Å². The van der Waals surface area contributed by atoms with E-state index in [-0.39, 0.29) is 0 Å². The Morgan fingerprint density at radius 3 is 1.23 bits per heavy atom. The van der Waals surface area contributed by atoms with E-state index < -0.39 is 0 Å². The molecule has 0 aliphatic heterocycles. The van der Waals surface area contributed by atoms with Crippen molar-refractivity contribution < 1.29 is 4.42 Å². The monoisotopic (exact) mass is 1000 g/mol. The summed E-state index contributed by atoms with van der Waals surface area (Å²) >= 11 is 1.85. The molecule has 15 rings (SSSR count). The smallest absolute Gasteiger partial charge is 0.135 e. The van der Waals surface area contributed by atoms with Gasteiger partial charge in [-0.25, -0.2) is 0 Å². The van der Waals surface area contributed by atoms with E-state index in [9.17, 15) is 0 Å². The maximum Gasteiger partial charge on any atom is 0.135 e. The second-order valence-corrected chi connectivity index (χ2v) is 20.8. The molecule has 0 bridgehead atoms. The largest absolute Gasteiger partial charge is 0.456 e. The van der Waals surface area contributed by atoms with E-state index in [0.717, 1.165) is 61.6 Å². The molecular formula is C73H50N2OS. The summed E-state index contributed by atoms with van der Waals surface area (Å²) < 4.78 is 8.84. The van der Waals surface area contributed by atoms with Crippen molar-refractivity contribution >= 4 is 120 Å². The highest BCUT2D eigenvalue weighted by Crippen LogP contribution is 2.45. The fourth-order valence-electron chi connectivity index (χ4n) is 11.2. The Labute approximate surface area is 451 Å². The minimum atomic E-state index is 0.886. The third-order valence-corrected chi connectivity index (χ3v) is 16.2. The molecule has 77 heavy (non-hydrogen) atoms. The van der Waals surface area contributed by atoms with Gasteiger partial charge in [0, 0.05) is 64.5 Å². The van der Waals surface area contributed by atoms with Crippen molar-refractivity contribution in [3.63, 3.8) is 0 Å². The third kappa shape index (κ3) is 8.51. The molecule has 0 saturated heterocycles. The van der Waals surface area contributed by atoms with E-state index in [0.29, 0.717) is 0 Å². The number of hydrogen-bond acceptors (Lipinski definition) is 4. The van der Waals surface area contributed by atoms with Crippen LogP contribution >= 0.6 is 11.3 Å². The summed E-state index contributed by atoms with van der Waals surface area (Å²) in [6.45, 7) is 2.14. The summed E-state index contributed by atoms with van der Waals surface area (Å²) in [5.41, 5.74) is 14.5. The molecule has 0 saturated carbocycles. The van der Waals surface area contributed by atoms with Gasteiger partial charge in [-0.15, -0.1) is 11.3 Å². The van der Waals surface area contributed by atoms with Crippen molar-refractivity contribution in [3.8, 4) is 22.3 Å². The number of anilines is 6. The predicted octanol–water partition coefficient (Wildman–Crippen LogP) is 21.7. The summed E-state index contributed by atoms with van der Waals surface area (Å²) in [6, 6.07) is 103. The first-order valence-electron chi connectivity index (χ1n) is 26.2. The van der Waals surface area contributed by atoms with Gasteiger partial charge in [0.25, 0.3) is 0 Å². The van der Waals surface area contributed by atoms with Crippen LogP contribution in [0.15, 0.2) is 290 Å². The highest BCUT2D eigenvalue weighted by Gasteiger charge is 2.20. The molecule has 0 N–H and O–H groups in total. The van der Waals surface area contributed by atoms with Crippen LogP contribution in [0.25, 0.3) is 96.7 Å². The van der Waals surface area contributed by atoms with Crippen molar-refractivity contribution in [3.05, 3.63) is 291 Å². The van der Waals surface area contributed by atoms with Crippen LogP contribution in [0, 0.1) is 6.92 Å². The van der Waals surface area contributed by atoms with Crippen molar-refractivity contribution in [1.29, 1.82) is 0 Å². The Bertz CT molecular complexity index is 4370. The van der Waals surface area contributed by atoms with Crippen molar-refractivity contribution in [2.75, 3.05) is 9.80 Å². The zero-order chi connectivity index (χ0) is 51.2. The lowest BCUT2D eigenvalue weighted by molar-refractivity contribution is 0.669. The molecule has 2 heterocycles. The van der Waals surface area contributed by atoms with Gasteiger partial charge in [-0.05, 0) is 141 Å². The van der Waals surface area contributed by atoms with E-state index >= 15 is 0 Å². The number of thiophene rings is 1. The lowest BCUT2D eigenvalue weighted by Gasteiger charge is -2.27. The molecule has 2 aromatic heterocycles. The number of hydrogen-bond donors (Lipinski definition) is 0. The number of fused-ring (bicyclic) bond motifs is 9. The Kier molecular flexibility index (Phi) is 11.6. The molecular weight excluding hydrogens is 953 g/mol. The van der Waals surface area contributed by atoms with Crippen LogP contribution in [-0.4, -0.2) is 0 Å². The first-order valence-corrected chi connectivity index (χ1v) is 27.0. The number of para-hydroxylation sites is 1. The van der Waals surface area contributed by atoms with Crippen molar-refractivity contribution in [1.82, 2.24) is 0 Å². The van der Waals surface area contributed by atoms with Crippen LogP contribution < -0.4 is 9.80 Å². The van der Waals surface area contributed by atoms with Crippen LogP contribution in [0.3, 0.4) is 0 Å². The maximum absolute atomic E-state index is 6.23. The molecule has 13 aromatic carbocycles. The zero-order valence-electron chi connectivity index (χ0n) is 42.3. The minimum Gasteiger partial charge on any atom is -0.456 e. The highest BCUT2D eigenvalue weighted by molar-refractivity contribution is 7.25. The average molecular weight is 1000 g/mol. The van der Waals surface area contributed by atoms with E-state index in [4.69, 9.17) is 4.42 Å². The second kappa shape index (κ2) is 19.5. The van der Waals surface area contributed by atoms with Gasteiger partial charge in [0.15, 0.2) is 0 Å². The van der Waals surface area contributed by atoms with Crippen molar-refractivity contribution in [2.45, 2.75) is 6.92 Å². The first-order chi connectivity index (χ1) is 38.1. The van der Waals surface area contributed by atoms with Gasteiger partial charge in [-0.3, -0.25) is 0 Å². The number of furan rings is 1. The molecule has 3 nitrogen and oxygen atoms in total.